The molecule has 0 saturated carbocycles. The highest BCUT2D eigenvalue weighted by molar-refractivity contribution is 5.76. The second-order valence-electron chi connectivity index (χ2n) is 4.92. The van der Waals surface area contributed by atoms with Crippen LogP contribution < -0.4 is 10.1 Å². The Labute approximate surface area is 136 Å². The topological polar surface area (TPSA) is 121 Å². The number of ether oxygens (including phenoxy) is 1. The first-order valence-corrected chi connectivity index (χ1v) is 7.10. The number of aryl methyl sites for hydroxylation is 1. The van der Waals surface area contributed by atoms with Crippen LogP contribution in [-0.4, -0.2) is 43.4 Å². The number of hydrogen-bond acceptors (Lipinski definition) is 8. The Balaban J connectivity index is 1.89. The lowest BCUT2D eigenvalue weighted by Gasteiger charge is -2.18. The number of tetrazole rings is 1. The molecule has 2 aromatic heterocycles. The minimum absolute atomic E-state index is 0.0323. The van der Waals surface area contributed by atoms with Gasteiger partial charge < -0.3 is 14.6 Å². The maximum Gasteiger partial charge on any atom is 0.242 e. The molecule has 0 aliphatic carbocycles. The standard InChI is InChI=1S/C14H15N7O3/c1-9-16-14(18-24-9)13(10-5-3-4-6-11(10)23-2)17-12(22)7-21-8-15-19-20-21/h3-6,8,13H,7H2,1-2H3,(H,17,22)/t13-/m0/s1. The van der Waals surface area contributed by atoms with E-state index in [1.54, 1.807) is 20.1 Å². The summed E-state index contributed by atoms with van der Waals surface area (Å²) in [6, 6.07) is 6.67. The van der Waals surface area contributed by atoms with Gasteiger partial charge in [-0.25, -0.2) is 4.68 Å². The van der Waals surface area contributed by atoms with Crippen molar-refractivity contribution in [2.75, 3.05) is 7.11 Å². The van der Waals surface area contributed by atoms with E-state index in [0.29, 0.717) is 23.0 Å². The quantitative estimate of drug-likeness (QED) is 0.684. The normalized spacial score (nSPS) is 11.9. The third kappa shape index (κ3) is 3.37. The molecule has 1 aromatic carbocycles. The lowest BCUT2D eigenvalue weighted by molar-refractivity contribution is -0.122. The molecule has 124 valence electrons. The third-order valence-electron chi connectivity index (χ3n) is 3.25. The van der Waals surface area contributed by atoms with E-state index in [2.05, 4.69) is 31.0 Å². The van der Waals surface area contributed by atoms with E-state index in [-0.39, 0.29) is 12.5 Å². The van der Waals surface area contributed by atoms with Crippen LogP contribution in [0.2, 0.25) is 0 Å². The van der Waals surface area contributed by atoms with Crippen molar-refractivity contribution < 1.29 is 14.1 Å². The van der Waals surface area contributed by atoms with Crippen molar-refractivity contribution >= 4 is 5.91 Å². The molecule has 0 unspecified atom stereocenters. The summed E-state index contributed by atoms with van der Waals surface area (Å²) in [5.74, 6) is 1.04. The number of methoxy groups -OCH3 is 1. The molecule has 0 radical (unpaired) electrons. The molecule has 10 nitrogen and oxygen atoms in total. The van der Waals surface area contributed by atoms with Crippen molar-refractivity contribution in [2.45, 2.75) is 19.5 Å². The Bertz CT molecular complexity index is 815. The van der Waals surface area contributed by atoms with Gasteiger partial charge in [0.1, 0.15) is 24.7 Å². The molecule has 0 spiro atoms. The number of amides is 1. The van der Waals surface area contributed by atoms with Gasteiger partial charge in [0, 0.05) is 12.5 Å². The minimum Gasteiger partial charge on any atom is -0.496 e. The van der Waals surface area contributed by atoms with Crippen molar-refractivity contribution in [1.82, 2.24) is 35.7 Å². The van der Waals surface area contributed by atoms with Gasteiger partial charge in [-0.1, -0.05) is 23.4 Å². The van der Waals surface area contributed by atoms with Gasteiger partial charge in [0.25, 0.3) is 0 Å². The average molecular weight is 329 g/mol. The second kappa shape index (κ2) is 6.86. The van der Waals surface area contributed by atoms with Crippen LogP contribution in [0.4, 0.5) is 0 Å². The van der Waals surface area contributed by atoms with Crippen LogP contribution in [0.3, 0.4) is 0 Å². The highest BCUT2D eigenvalue weighted by Crippen LogP contribution is 2.28. The summed E-state index contributed by atoms with van der Waals surface area (Å²) in [4.78, 5) is 16.5. The largest absolute Gasteiger partial charge is 0.496 e. The number of carbonyl (C=O) groups is 1. The molecule has 10 heteroatoms. The third-order valence-corrected chi connectivity index (χ3v) is 3.25. The van der Waals surface area contributed by atoms with Crippen LogP contribution >= 0.6 is 0 Å². The van der Waals surface area contributed by atoms with Crippen molar-refractivity contribution in [3.05, 3.63) is 47.9 Å². The van der Waals surface area contributed by atoms with E-state index in [9.17, 15) is 4.79 Å². The fourth-order valence-electron chi connectivity index (χ4n) is 2.22. The number of hydrogen-bond donors (Lipinski definition) is 1. The number of aromatic nitrogens is 6. The summed E-state index contributed by atoms with van der Waals surface area (Å²) < 4.78 is 11.7. The molecular weight excluding hydrogens is 314 g/mol. The molecule has 24 heavy (non-hydrogen) atoms. The number of para-hydroxylation sites is 1. The van der Waals surface area contributed by atoms with Crippen molar-refractivity contribution in [1.29, 1.82) is 0 Å². The molecule has 3 rings (SSSR count). The molecule has 0 aliphatic heterocycles. The van der Waals surface area contributed by atoms with Crippen LogP contribution in [0.25, 0.3) is 0 Å². The first kappa shape index (κ1) is 15.6. The Morgan fingerprint density at radius 2 is 2.25 bits per heavy atom. The molecule has 3 aromatic rings. The number of carbonyl (C=O) groups excluding carboxylic acids is 1. The first-order valence-electron chi connectivity index (χ1n) is 7.10. The fourth-order valence-corrected chi connectivity index (χ4v) is 2.22. The lowest BCUT2D eigenvalue weighted by Crippen LogP contribution is -2.33. The van der Waals surface area contributed by atoms with E-state index < -0.39 is 6.04 Å². The highest BCUT2D eigenvalue weighted by atomic mass is 16.5. The summed E-state index contributed by atoms with van der Waals surface area (Å²) in [5, 5.41) is 17.4. The van der Waals surface area contributed by atoms with E-state index in [1.807, 2.05) is 18.2 Å². The van der Waals surface area contributed by atoms with Crippen molar-refractivity contribution in [3.63, 3.8) is 0 Å². The van der Waals surface area contributed by atoms with Gasteiger partial charge in [-0.2, -0.15) is 4.98 Å². The second-order valence-corrected chi connectivity index (χ2v) is 4.92. The van der Waals surface area contributed by atoms with Crippen LogP contribution in [0, 0.1) is 6.92 Å². The average Bonchev–Trinajstić information content (AvgIpc) is 3.24. The van der Waals surface area contributed by atoms with E-state index >= 15 is 0 Å². The SMILES string of the molecule is COc1ccccc1[C@H](NC(=O)Cn1cnnn1)c1noc(C)n1. The predicted molar refractivity (Wildman–Crippen MR) is 79.8 cm³/mol. The van der Waals surface area contributed by atoms with Gasteiger partial charge in [0.05, 0.1) is 7.11 Å². The maximum absolute atomic E-state index is 12.3. The monoisotopic (exact) mass is 329 g/mol. The van der Waals surface area contributed by atoms with E-state index in [1.165, 1.54) is 11.0 Å². The van der Waals surface area contributed by atoms with Gasteiger partial charge in [-0.3, -0.25) is 4.79 Å². The Morgan fingerprint density at radius 1 is 1.42 bits per heavy atom. The molecule has 0 saturated heterocycles. The zero-order chi connectivity index (χ0) is 16.9. The number of nitrogens with one attached hydrogen (secondary N) is 1. The van der Waals surface area contributed by atoms with E-state index in [4.69, 9.17) is 9.26 Å². The molecule has 0 aliphatic rings. The first-order chi connectivity index (χ1) is 11.7. The van der Waals surface area contributed by atoms with Crippen LogP contribution in [-0.2, 0) is 11.3 Å². The molecule has 0 bridgehead atoms. The number of rotatable bonds is 6. The molecule has 1 atom stereocenters. The number of nitrogens with zero attached hydrogens (tertiary/aromatic N) is 6. The van der Waals surface area contributed by atoms with Crippen molar-refractivity contribution in [2.24, 2.45) is 0 Å². The summed E-state index contributed by atoms with van der Waals surface area (Å²) in [6.07, 6.45) is 1.36. The molecule has 0 fully saturated rings. The van der Waals surface area contributed by atoms with Crippen molar-refractivity contribution in [3.8, 4) is 5.75 Å². The molecule has 2 heterocycles. The van der Waals surface area contributed by atoms with Crippen LogP contribution in [0.15, 0.2) is 35.1 Å². The van der Waals surface area contributed by atoms with Gasteiger partial charge in [-0.15, -0.1) is 5.10 Å². The fraction of sp³-hybridized carbons (Fsp3) is 0.286. The Kier molecular flexibility index (Phi) is 4.45. The Hall–Kier alpha value is -3.30. The number of benzene rings is 1. The molecule has 1 amide bonds. The van der Waals surface area contributed by atoms with Crippen LogP contribution in [0.5, 0.6) is 5.75 Å². The summed E-state index contributed by atoms with van der Waals surface area (Å²) >= 11 is 0. The predicted octanol–water partition coefficient (Wildman–Crippen LogP) is 0.279. The zero-order valence-electron chi connectivity index (χ0n) is 13.1. The van der Waals surface area contributed by atoms with Gasteiger partial charge in [-0.05, 0) is 16.5 Å². The maximum atomic E-state index is 12.3. The lowest BCUT2D eigenvalue weighted by atomic mass is 10.0. The Morgan fingerprint density at radius 3 is 2.92 bits per heavy atom. The zero-order valence-corrected chi connectivity index (χ0v) is 13.1. The van der Waals surface area contributed by atoms with Gasteiger partial charge in [0.2, 0.25) is 11.8 Å². The highest BCUT2D eigenvalue weighted by Gasteiger charge is 2.25. The van der Waals surface area contributed by atoms with E-state index in [0.717, 1.165) is 0 Å². The summed E-state index contributed by atoms with van der Waals surface area (Å²) in [5.41, 5.74) is 0.714. The minimum atomic E-state index is -0.623. The molecular formula is C14H15N7O3. The van der Waals surface area contributed by atoms with Gasteiger partial charge >= 0.3 is 0 Å². The van der Waals surface area contributed by atoms with Gasteiger partial charge in [0.15, 0.2) is 5.82 Å². The smallest absolute Gasteiger partial charge is 0.242 e. The summed E-state index contributed by atoms with van der Waals surface area (Å²) in [7, 11) is 1.56. The summed E-state index contributed by atoms with van der Waals surface area (Å²) in [6.45, 7) is 1.65. The molecule has 1 N–H and O–H groups in total. The van der Waals surface area contributed by atoms with Crippen LogP contribution in [0.1, 0.15) is 23.3 Å².